The molecular formula is C20H32N4O2S. The fourth-order valence-electron chi connectivity index (χ4n) is 3.23. The van der Waals surface area contributed by atoms with E-state index in [0.717, 1.165) is 23.8 Å². The van der Waals surface area contributed by atoms with Crippen molar-refractivity contribution < 1.29 is 9.59 Å². The second-order valence-corrected chi connectivity index (χ2v) is 8.32. The molecule has 0 saturated carbocycles. The Hall–Kier alpha value is -1.73. The van der Waals surface area contributed by atoms with Crippen molar-refractivity contribution in [2.75, 3.05) is 25.1 Å². The summed E-state index contributed by atoms with van der Waals surface area (Å²) in [5, 5.41) is 5.41. The topological polar surface area (TPSA) is 87.5 Å². The Kier molecular flexibility index (Phi) is 8.94. The molecule has 1 aromatic carbocycles. The number of amides is 3. The van der Waals surface area contributed by atoms with Crippen LogP contribution in [-0.2, 0) is 17.9 Å². The number of nitrogens with one attached hydrogen (secondary N) is 2. The summed E-state index contributed by atoms with van der Waals surface area (Å²) in [7, 11) is 0. The Morgan fingerprint density at radius 2 is 1.85 bits per heavy atom. The molecule has 0 aliphatic carbocycles. The van der Waals surface area contributed by atoms with Gasteiger partial charge in [0.2, 0.25) is 5.91 Å². The summed E-state index contributed by atoms with van der Waals surface area (Å²) in [4.78, 5) is 25.9. The van der Waals surface area contributed by atoms with Crippen LogP contribution in [0.2, 0.25) is 0 Å². The number of nitrogens with two attached hydrogens (primary N) is 1. The predicted octanol–water partition coefficient (Wildman–Crippen LogP) is 2.32. The molecule has 27 heavy (non-hydrogen) atoms. The number of primary amides is 1. The van der Waals surface area contributed by atoms with Crippen LogP contribution < -0.4 is 16.4 Å². The number of rotatable bonds is 9. The predicted molar refractivity (Wildman–Crippen MR) is 111 cm³/mol. The lowest BCUT2D eigenvalue weighted by molar-refractivity contribution is -0.123. The monoisotopic (exact) mass is 392 g/mol. The maximum absolute atomic E-state index is 12.3. The van der Waals surface area contributed by atoms with Gasteiger partial charge in [0.25, 0.3) is 0 Å². The highest BCUT2D eigenvalue weighted by atomic mass is 32.2. The van der Waals surface area contributed by atoms with Gasteiger partial charge in [-0.25, -0.2) is 4.79 Å². The normalized spacial score (nSPS) is 16.7. The summed E-state index contributed by atoms with van der Waals surface area (Å²) in [6.07, 6.45) is 5.08. The van der Waals surface area contributed by atoms with Gasteiger partial charge in [-0.3, -0.25) is 9.69 Å². The molecule has 0 spiro atoms. The molecular weight excluding hydrogens is 360 g/mol. The van der Waals surface area contributed by atoms with Crippen molar-refractivity contribution in [1.82, 2.24) is 15.5 Å². The lowest BCUT2D eigenvalue weighted by atomic mass is 9.99. The first-order valence-corrected chi connectivity index (χ1v) is 11.0. The van der Waals surface area contributed by atoms with Gasteiger partial charge >= 0.3 is 6.03 Å². The maximum atomic E-state index is 12.3. The second-order valence-electron chi connectivity index (χ2n) is 7.34. The van der Waals surface area contributed by atoms with Gasteiger partial charge in [0.05, 0.1) is 0 Å². The summed E-state index contributed by atoms with van der Waals surface area (Å²) in [6, 6.07) is 7.11. The van der Waals surface area contributed by atoms with E-state index in [0.29, 0.717) is 13.0 Å². The number of hydrogen-bond donors (Lipinski definition) is 3. The van der Waals surface area contributed by atoms with Gasteiger partial charge in [0.1, 0.15) is 6.04 Å². The highest BCUT2D eigenvalue weighted by Gasteiger charge is 2.19. The highest BCUT2D eigenvalue weighted by molar-refractivity contribution is 7.98. The van der Waals surface area contributed by atoms with E-state index < -0.39 is 12.1 Å². The Labute approximate surface area is 166 Å². The number of hydrogen-bond acceptors (Lipinski definition) is 4. The van der Waals surface area contributed by atoms with Crippen molar-refractivity contribution in [1.29, 1.82) is 0 Å². The summed E-state index contributed by atoms with van der Waals surface area (Å²) in [5.74, 6) is 1.42. The van der Waals surface area contributed by atoms with Crippen molar-refractivity contribution in [2.24, 2.45) is 11.7 Å². The molecule has 1 atom stereocenters. The number of benzene rings is 1. The third-order valence-corrected chi connectivity index (χ3v) is 5.66. The zero-order valence-electron chi connectivity index (χ0n) is 16.4. The minimum absolute atomic E-state index is 0.200. The van der Waals surface area contributed by atoms with E-state index in [-0.39, 0.29) is 5.91 Å². The largest absolute Gasteiger partial charge is 0.352 e. The minimum Gasteiger partial charge on any atom is -0.352 e. The van der Waals surface area contributed by atoms with Crippen molar-refractivity contribution in [2.45, 2.75) is 45.3 Å². The van der Waals surface area contributed by atoms with Crippen LogP contribution in [0.3, 0.4) is 0 Å². The standard InChI is InChI=1S/C20H32N4O2S/c1-15-7-10-24(11-8-15)14-17-5-3-16(4-6-17)13-22-19(25)18(9-12-27-2)23-20(21)26/h3-6,15,18H,7-14H2,1-2H3,(H,22,25)(H3,21,23,26). The molecule has 1 fully saturated rings. The molecule has 4 N–H and O–H groups in total. The first-order valence-electron chi connectivity index (χ1n) is 9.60. The molecule has 2 rings (SSSR count). The van der Waals surface area contributed by atoms with Gasteiger partial charge in [0, 0.05) is 13.1 Å². The summed E-state index contributed by atoms with van der Waals surface area (Å²) in [6.45, 7) is 6.09. The molecule has 1 heterocycles. The van der Waals surface area contributed by atoms with Gasteiger partial charge in [-0.2, -0.15) is 11.8 Å². The summed E-state index contributed by atoms with van der Waals surface area (Å²) in [5.41, 5.74) is 7.51. The van der Waals surface area contributed by atoms with Crippen LogP contribution in [0.5, 0.6) is 0 Å². The van der Waals surface area contributed by atoms with Gasteiger partial charge in [-0.1, -0.05) is 31.2 Å². The van der Waals surface area contributed by atoms with Crippen molar-refractivity contribution >= 4 is 23.7 Å². The van der Waals surface area contributed by atoms with Crippen LogP contribution in [0.15, 0.2) is 24.3 Å². The van der Waals surface area contributed by atoms with Crippen molar-refractivity contribution in [3.05, 3.63) is 35.4 Å². The van der Waals surface area contributed by atoms with E-state index in [2.05, 4.69) is 46.7 Å². The molecule has 0 aromatic heterocycles. The van der Waals surface area contributed by atoms with Gasteiger partial charge in [-0.05, 0) is 61.4 Å². The minimum atomic E-state index is -0.673. The van der Waals surface area contributed by atoms with E-state index >= 15 is 0 Å². The molecule has 7 heteroatoms. The van der Waals surface area contributed by atoms with Crippen LogP contribution in [0.4, 0.5) is 4.79 Å². The molecule has 1 aromatic rings. The number of urea groups is 1. The van der Waals surface area contributed by atoms with Crippen LogP contribution in [0.1, 0.15) is 37.3 Å². The Morgan fingerprint density at radius 3 is 2.44 bits per heavy atom. The van der Waals surface area contributed by atoms with E-state index in [1.54, 1.807) is 11.8 Å². The van der Waals surface area contributed by atoms with Crippen LogP contribution in [0, 0.1) is 5.92 Å². The highest BCUT2D eigenvalue weighted by Crippen LogP contribution is 2.18. The Bertz CT molecular complexity index is 601. The first-order chi connectivity index (χ1) is 13.0. The van der Waals surface area contributed by atoms with Gasteiger partial charge < -0.3 is 16.4 Å². The van der Waals surface area contributed by atoms with Crippen LogP contribution in [0.25, 0.3) is 0 Å². The maximum Gasteiger partial charge on any atom is 0.312 e. The molecule has 1 saturated heterocycles. The summed E-state index contributed by atoms with van der Waals surface area (Å²) >= 11 is 1.63. The second kappa shape index (κ2) is 11.2. The lowest BCUT2D eigenvalue weighted by Crippen LogP contribution is -2.48. The number of carbonyl (C=O) groups excluding carboxylic acids is 2. The fraction of sp³-hybridized carbons (Fsp3) is 0.600. The molecule has 1 aliphatic rings. The molecule has 0 bridgehead atoms. The lowest BCUT2D eigenvalue weighted by Gasteiger charge is -2.30. The summed E-state index contributed by atoms with van der Waals surface area (Å²) < 4.78 is 0. The Balaban J connectivity index is 1.80. The van der Waals surface area contributed by atoms with E-state index in [1.165, 1.54) is 31.5 Å². The fourth-order valence-corrected chi connectivity index (χ4v) is 3.70. The van der Waals surface area contributed by atoms with E-state index in [4.69, 9.17) is 5.73 Å². The third kappa shape index (κ3) is 7.81. The molecule has 150 valence electrons. The quantitative estimate of drug-likeness (QED) is 0.602. The van der Waals surface area contributed by atoms with Gasteiger partial charge in [0.15, 0.2) is 0 Å². The average molecular weight is 393 g/mol. The molecule has 1 aliphatic heterocycles. The third-order valence-electron chi connectivity index (χ3n) is 5.02. The van der Waals surface area contributed by atoms with Crippen LogP contribution >= 0.6 is 11.8 Å². The van der Waals surface area contributed by atoms with Crippen LogP contribution in [-0.4, -0.2) is 48.0 Å². The van der Waals surface area contributed by atoms with Gasteiger partial charge in [-0.15, -0.1) is 0 Å². The number of piperidine rings is 1. The molecule has 0 radical (unpaired) electrons. The first kappa shape index (κ1) is 21.6. The smallest absolute Gasteiger partial charge is 0.312 e. The van der Waals surface area contributed by atoms with E-state index in [1.807, 2.05) is 6.26 Å². The number of likely N-dealkylation sites (tertiary alicyclic amines) is 1. The number of nitrogens with zero attached hydrogens (tertiary/aromatic N) is 1. The Morgan fingerprint density at radius 1 is 1.22 bits per heavy atom. The van der Waals surface area contributed by atoms with E-state index in [9.17, 15) is 9.59 Å². The van der Waals surface area contributed by atoms with Crippen molar-refractivity contribution in [3.8, 4) is 0 Å². The molecule has 6 nitrogen and oxygen atoms in total. The number of thioether (sulfide) groups is 1. The number of carbonyl (C=O) groups is 2. The average Bonchev–Trinajstić information content (AvgIpc) is 2.66. The molecule has 1 unspecified atom stereocenters. The zero-order valence-corrected chi connectivity index (χ0v) is 17.2. The van der Waals surface area contributed by atoms with Crippen molar-refractivity contribution in [3.63, 3.8) is 0 Å². The SMILES string of the molecule is CSCCC(NC(N)=O)C(=O)NCc1ccc(CN2CCC(C)CC2)cc1. The zero-order chi connectivity index (χ0) is 19.6. The molecule has 3 amide bonds.